The van der Waals surface area contributed by atoms with E-state index in [1.807, 2.05) is 0 Å². The molecule has 0 bridgehead atoms. The van der Waals surface area contributed by atoms with Crippen molar-refractivity contribution in [2.24, 2.45) is 0 Å². The zero-order valence-electron chi connectivity index (χ0n) is 11.7. The number of halogens is 1. The third-order valence-corrected chi connectivity index (χ3v) is 3.01. The van der Waals surface area contributed by atoms with Gasteiger partial charge in [0.1, 0.15) is 11.5 Å². The minimum absolute atomic E-state index is 0.0670. The highest BCUT2D eigenvalue weighted by molar-refractivity contribution is 5.97. The Hall–Kier alpha value is -3.42. The van der Waals surface area contributed by atoms with E-state index >= 15 is 0 Å². The Balaban J connectivity index is 1.72. The Morgan fingerprint density at radius 2 is 1.83 bits per heavy atom. The van der Waals surface area contributed by atoms with E-state index in [2.05, 4.69) is 15.8 Å². The molecule has 8 heteroatoms. The van der Waals surface area contributed by atoms with Crippen LogP contribution in [0.25, 0.3) is 5.69 Å². The second kappa shape index (κ2) is 6.14. The van der Waals surface area contributed by atoms with Gasteiger partial charge in [-0.2, -0.15) is 0 Å². The topological polar surface area (TPSA) is 89.2 Å². The van der Waals surface area contributed by atoms with Gasteiger partial charge in [-0.15, -0.1) is 0 Å². The number of rotatable bonds is 3. The average Bonchev–Trinajstić information content (AvgIpc) is 3.24. The molecule has 1 aromatic carbocycles. The molecule has 2 aromatic heterocycles. The zero-order chi connectivity index (χ0) is 16.2. The van der Waals surface area contributed by atoms with Crippen molar-refractivity contribution in [2.75, 3.05) is 0 Å². The second-order valence-electron chi connectivity index (χ2n) is 4.51. The maximum atomic E-state index is 13.0. The molecule has 7 nitrogen and oxygen atoms in total. The van der Waals surface area contributed by atoms with Crippen LogP contribution in [0.4, 0.5) is 4.39 Å². The van der Waals surface area contributed by atoms with Gasteiger partial charge in [-0.3, -0.25) is 25.0 Å². The summed E-state index contributed by atoms with van der Waals surface area (Å²) in [6.07, 6.45) is 4.09. The lowest BCUT2D eigenvalue weighted by atomic mass is 10.3. The highest BCUT2D eigenvalue weighted by Gasteiger charge is 2.15. The summed E-state index contributed by atoms with van der Waals surface area (Å²) in [4.78, 5) is 27.7. The molecule has 0 fully saturated rings. The molecule has 116 valence electrons. The first-order valence-electron chi connectivity index (χ1n) is 6.57. The van der Waals surface area contributed by atoms with E-state index in [4.69, 9.17) is 4.42 Å². The van der Waals surface area contributed by atoms with Gasteiger partial charge in [-0.25, -0.2) is 9.37 Å². The first kappa shape index (κ1) is 14.5. The van der Waals surface area contributed by atoms with Crippen molar-refractivity contribution >= 4 is 11.8 Å². The van der Waals surface area contributed by atoms with E-state index in [1.165, 1.54) is 53.7 Å². The van der Waals surface area contributed by atoms with Crippen molar-refractivity contribution in [1.29, 1.82) is 0 Å². The van der Waals surface area contributed by atoms with E-state index in [9.17, 15) is 14.0 Å². The van der Waals surface area contributed by atoms with Gasteiger partial charge in [-0.1, -0.05) is 0 Å². The molecule has 0 aliphatic carbocycles. The van der Waals surface area contributed by atoms with Gasteiger partial charge in [0.05, 0.1) is 18.8 Å². The van der Waals surface area contributed by atoms with Gasteiger partial charge >= 0.3 is 5.91 Å². The Labute approximate surface area is 129 Å². The number of aromatic nitrogens is 2. The number of carbonyl (C=O) groups is 2. The quantitative estimate of drug-likeness (QED) is 0.720. The minimum Gasteiger partial charge on any atom is -0.459 e. The molecule has 2 heterocycles. The first-order chi connectivity index (χ1) is 11.1. The lowest BCUT2D eigenvalue weighted by Gasteiger charge is -2.09. The van der Waals surface area contributed by atoms with Crippen LogP contribution in [-0.4, -0.2) is 21.4 Å². The average molecular weight is 314 g/mol. The number of nitrogens with one attached hydrogen (secondary N) is 2. The fourth-order valence-electron chi connectivity index (χ4n) is 1.92. The third-order valence-electron chi connectivity index (χ3n) is 3.01. The van der Waals surface area contributed by atoms with Gasteiger partial charge < -0.3 is 4.42 Å². The molecule has 2 N–H and O–H groups in total. The van der Waals surface area contributed by atoms with Crippen molar-refractivity contribution in [3.63, 3.8) is 0 Å². The Bertz CT molecular complexity index is 825. The van der Waals surface area contributed by atoms with Crippen LogP contribution in [0.3, 0.4) is 0 Å². The van der Waals surface area contributed by atoms with Gasteiger partial charge in [0.25, 0.3) is 5.91 Å². The van der Waals surface area contributed by atoms with E-state index in [0.717, 1.165) is 0 Å². The van der Waals surface area contributed by atoms with Gasteiger partial charge in [0.15, 0.2) is 5.76 Å². The molecule has 0 radical (unpaired) electrons. The van der Waals surface area contributed by atoms with Crippen LogP contribution >= 0.6 is 0 Å². The van der Waals surface area contributed by atoms with Crippen LogP contribution in [0, 0.1) is 5.82 Å². The molecule has 0 saturated carbocycles. The zero-order valence-corrected chi connectivity index (χ0v) is 11.7. The summed E-state index contributed by atoms with van der Waals surface area (Å²) < 4.78 is 19.3. The minimum atomic E-state index is -0.587. The number of imidazole rings is 1. The van der Waals surface area contributed by atoms with E-state index in [1.54, 1.807) is 6.07 Å². The van der Waals surface area contributed by atoms with Crippen LogP contribution in [-0.2, 0) is 0 Å². The molecule has 0 aliphatic heterocycles. The van der Waals surface area contributed by atoms with Gasteiger partial charge in [0, 0.05) is 5.69 Å². The number of amides is 2. The summed E-state index contributed by atoms with van der Waals surface area (Å²) in [7, 11) is 0. The highest BCUT2D eigenvalue weighted by Crippen LogP contribution is 2.12. The molecule has 3 rings (SSSR count). The van der Waals surface area contributed by atoms with Crippen LogP contribution in [0.1, 0.15) is 21.0 Å². The number of carbonyl (C=O) groups excluding carboxylic acids is 2. The van der Waals surface area contributed by atoms with Crippen molar-refractivity contribution in [3.8, 4) is 5.69 Å². The van der Waals surface area contributed by atoms with E-state index in [0.29, 0.717) is 5.69 Å². The lowest BCUT2D eigenvalue weighted by Crippen LogP contribution is -2.42. The van der Waals surface area contributed by atoms with Crippen molar-refractivity contribution in [3.05, 3.63) is 72.5 Å². The molecule has 0 unspecified atom stereocenters. The third kappa shape index (κ3) is 3.10. The van der Waals surface area contributed by atoms with E-state index in [-0.39, 0.29) is 17.3 Å². The second-order valence-corrected chi connectivity index (χ2v) is 4.51. The SMILES string of the molecule is O=C(NNC(=O)c1cncn1-c1ccc(F)cc1)c1ccco1. The molecule has 0 atom stereocenters. The maximum absolute atomic E-state index is 13.0. The first-order valence-corrected chi connectivity index (χ1v) is 6.57. The molecular weight excluding hydrogens is 303 g/mol. The summed E-state index contributed by atoms with van der Waals surface area (Å²) in [6, 6.07) is 8.58. The van der Waals surface area contributed by atoms with Crippen molar-refractivity contribution in [1.82, 2.24) is 20.4 Å². The van der Waals surface area contributed by atoms with Crippen molar-refractivity contribution in [2.45, 2.75) is 0 Å². The predicted octanol–water partition coefficient (Wildman–Crippen LogP) is 1.68. The molecule has 3 aromatic rings. The fourth-order valence-corrected chi connectivity index (χ4v) is 1.92. The standard InChI is InChI=1S/C15H11FN4O3/c16-10-3-5-11(6-4-10)20-9-17-8-12(20)14(21)18-19-15(22)13-2-1-7-23-13/h1-9H,(H,18,21)(H,19,22). The Kier molecular flexibility index (Phi) is 3.88. The summed E-state index contributed by atoms with van der Waals surface area (Å²) >= 11 is 0. The monoisotopic (exact) mass is 314 g/mol. The summed E-state index contributed by atoms with van der Waals surface area (Å²) in [5.74, 6) is -1.48. The normalized spacial score (nSPS) is 10.3. The molecule has 0 aliphatic rings. The van der Waals surface area contributed by atoms with Gasteiger partial charge in [-0.05, 0) is 36.4 Å². The summed E-state index contributed by atoms with van der Waals surface area (Å²) in [5.41, 5.74) is 5.23. The van der Waals surface area contributed by atoms with E-state index < -0.39 is 11.8 Å². The van der Waals surface area contributed by atoms with Crippen molar-refractivity contribution < 1.29 is 18.4 Å². The predicted molar refractivity (Wildman–Crippen MR) is 77.2 cm³/mol. The number of hydrazine groups is 1. The smallest absolute Gasteiger partial charge is 0.305 e. The summed E-state index contributed by atoms with van der Waals surface area (Å²) in [5, 5.41) is 0. The molecule has 2 amide bonds. The van der Waals surface area contributed by atoms with Crippen LogP contribution < -0.4 is 10.9 Å². The number of hydrogen-bond donors (Lipinski definition) is 2. The fraction of sp³-hybridized carbons (Fsp3) is 0. The lowest BCUT2D eigenvalue weighted by molar-refractivity contribution is 0.0827. The number of benzene rings is 1. The Morgan fingerprint density at radius 3 is 2.52 bits per heavy atom. The maximum Gasteiger partial charge on any atom is 0.305 e. The molecule has 23 heavy (non-hydrogen) atoms. The van der Waals surface area contributed by atoms with Crippen LogP contribution in [0.2, 0.25) is 0 Å². The van der Waals surface area contributed by atoms with Gasteiger partial charge in [0.2, 0.25) is 0 Å². The van der Waals surface area contributed by atoms with Crippen LogP contribution in [0.15, 0.2) is 59.6 Å². The Morgan fingerprint density at radius 1 is 1.09 bits per heavy atom. The highest BCUT2D eigenvalue weighted by atomic mass is 19.1. The van der Waals surface area contributed by atoms with Crippen LogP contribution in [0.5, 0.6) is 0 Å². The summed E-state index contributed by atoms with van der Waals surface area (Å²) in [6.45, 7) is 0. The molecule has 0 spiro atoms. The number of nitrogens with zero attached hydrogens (tertiary/aromatic N) is 2. The molecule has 0 saturated heterocycles. The number of furan rings is 1. The number of hydrogen-bond acceptors (Lipinski definition) is 4. The molecular formula is C15H11FN4O3. The largest absolute Gasteiger partial charge is 0.459 e.